The summed E-state index contributed by atoms with van der Waals surface area (Å²) in [6, 6.07) is 28.0. The fourth-order valence-corrected chi connectivity index (χ4v) is 8.37. The molecule has 0 aromatic heterocycles. The molecule has 0 saturated carbocycles. The number of ether oxygens (including phenoxy) is 4. The van der Waals surface area contributed by atoms with Gasteiger partial charge in [-0.3, -0.25) is 0 Å². The van der Waals surface area contributed by atoms with E-state index in [-0.39, 0.29) is 36.2 Å². The fourth-order valence-electron chi connectivity index (χ4n) is 7.12. The number of nitrogens with one attached hydrogen (secondary N) is 1. The van der Waals surface area contributed by atoms with Crippen LogP contribution in [0.1, 0.15) is 114 Å². The molecule has 4 aromatic carbocycles. The van der Waals surface area contributed by atoms with E-state index in [0.29, 0.717) is 12.2 Å². The maximum atomic E-state index is 13.3. The molecule has 11 heteroatoms. The molecule has 6 rings (SSSR count). The van der Waals surface area contributed by atoms with Gasteiger partial charge in [0.25, 0.3) is 0 Å². The standard InChI is InChI=1S/C29H33NO5S.C17H25NO3/c1-29(2,3)35-28(31)20-34-27-15-9-13-24-25(27)12-7-8-14-26(24)30-36(32,33)23-18-16-22(17-19-23)21-10-5-4-6-11-21;1-17(2,3)21-16(19)11-20-15-10-6-8-12-13(15)7-4-5-9-14(12)18/h4-6,9-11,13,15-19,26,30H,7-8,12,14,20H2,1-3H3;6,8,10,14H,4-5,7,9,11,18H2,1-3H3. The molecule has 2 aliphatic carbocycles. The molecule has 2 aliphatic rings. The number of benzene rings is 4. The summed E-state index contributed by atoms with van der Waals surface area (Å²) in [7, 11) is -3.74. The minimum atomic E-state index is -3.74. The van der Waals surface area contributed by atoms with Crippen molar-refractivity contribution in [3.63, 3.8) is 0 Å². The molecule has 2 atom stereocenters. The highest BCUT2D eigenvalue weighted by Gasteiger charge is 2.27. The summed E-state index contributed by atoms with van der Waals surface area (Å²) < 4.78 is 51.6. The number of carbonyl (C=O) groups is 2. The first-order chi connectivity index (χ1) is 27.0. The van der Waals surface area contributed by atoms with Crippen LogP contribution in [0.5, 0.6) is 11.5 Å². The highest BCUT2D eigenvalue weighted by atomic mass is 32.2. The average Bonchev–Trinajstić information content (AvgIpc) is 3.48. The lowest BCUT2D eigenvalue weighted by atomic mass is 9.99. The van der Waals surface area contributed by atoms with Gasteiger partial charge in [-0.2, -0.15) is 0 Å². The number of sulfonamides is 1. The third kappa shape index (κ3) is 12.9. The molecule has 0 radical (unpaired) electrons. The van der Waals surface area contributed by atoms with Crippen LogP contribution in [0.15, 0.2) is 95.9 Å². The summed E-state index contributed by atoms with van der Waals surface area (Å²) in [5.41, 5.74) is 11.2. The van der Waals surface area contributed by atoms with Crippen LogP contribution in [0, 0.1) is 0 Å². The van der Waals surface area contributed by atoms with Crippen molar-refractivity contribution in [2.24, 2.45) is 5.73 Å². The summed E-state index contributed by atoms with van der Waals surface area (Å²) in [6.07, 6.45) is 7.41. The van der Waals surface area contributed by atoms with E-state index in [1.54, 1.807) is 12.1 Å². The lowest BCUT2D eigenvalue weighted by molar-refractivity contribution is -0.158. The maximum Gasteiger partial charge on any atom is 0.344 e. The first-order valence-corrected chi connectivity index (χ1v) is 21.3. The van der Waals surface area contributed by atoms with Crippen LogP contribution in [0.4, 0.5) is 0 Å². The van der Waals surface area contributed by atoms with E-state index in [9.17, 15) is 18.0 Å². The van der Waals surface area contributed by atoms with Crippen LogP contribution < -0.4 is 19.9 Å². The number of rotatable bonds is 10. The molecule has 0 amide bonds. The summed E-state index contributed by atoms with van der Waals surface area (Å²) in [4.78, 5) is 24.1. The number of fused-ring (bicyclic) bond motifs is 2. The molecule has 4 aromatic rings. The average molecular weight is 799 g/mol. The first kappa shape index (κ1) is 43.4. The normalized spacial score (nSPS) is 17.0. The topological polar surface area (TPSA) is 143 Å². The Hall–Kier alpha value is -4.71. The molecule has 0 heterocycles. The van der Waals surface area contributed by atoms with Gasteiger partial charge in [-0.1, -0.05) is 79.6 Å². The van der Waals surface area contributed by atoms with Crippen molar-refractivity contribution in [1.29, 1.82) is 0 Å². The van der Waals surface area contributed by atoms with Gasteiger partial charge in [0.1, 0.15) is 22.7 Å². The van der Waals surface area contributed by atoms with Gasteiger partial charge in [0.05, 0.1) is 4.90 Å². The van der Waals surface area contributed by atoms with Gasteiger partial charge in [0.2, 0.25) is 10.0 Å². The van der Waals surface area contributed by atoms with Crippen LogP contribution >= 0.6 is 0 Å². The Morgan fingerprint density at radius 2 is 1.12 bits per heavy atom. The van der Waals surface area contributed by atoms with E-state index in [1.165, 1.54) is 0 Å². The summed E-state index contributed by atoms with van der Waals surface area (Å²) >= 11 is 0. The molecule has 3 N–H and O–H groups in total. The molecule has 0 saturated heterocycles. The van der Waals surface area contributed by atoms with E-state index in [2.05, 4.69) is 10.8 Å². The monoisotopic (exact) mass is 798 g/mol. The lowest BCUT2D eigenvalue weighted by Gasteiger charge is -2.22. The van der Waals surface area contributed by atoms with Crippen LogP contribution in [-0.4, -0.2) is 44.8 Å². The van der Waals surface area contributed by atoms with Crippen molar-refractivity contribution < 1.29 is 37.0 Å². The predicted molar refractivity (Wildman–Crippen MR) is 223 cm³/mol. The largest absolute Gasteiger partial charge is 0.482 e. The Bertz CT molecular complexity index is 2070. The zero-order valence-corrected chi connectivity index (χ0v) is 35.0. The van der Waals surface area contributed by atoms with Crippen molar-refractivity contribution in [3.8, 4) is 22.6 Å². The number of hydrogen-bond acceptors (Lipinski definition) is 9. The molecule has 2 unspecified atom stereocenters. The van der Waals surface area contributed by atoms with Crippen molar-refractivity contribution in [2.75, 3.05) is 13.2 Å². The Balaban J connectivity index is 0.000000251. The van der Waals surface area contributed by atoms with E-state index in [4.69, 9.17) is 24.7 Å². The van der Waals surface area contributed by atoms with Gasteiger partial charge in [-0.25, -0.2) is 22.7 Å². The van der Waals surface area contributed by atoms with Crippen LogP contribution in [0.2, 0.25) is 0 Å². The highest BCUT2D eigenvalue weighted by Crippen LogP contribution is 2.36. The zero-order valence-electron chi connectivity index (χ0n) is 34.1. The predicted octanol–water partition coefficient (Wildman–Crippen LogP) is 8.95. The number of esters is 2. The summed E-state index contributed by atoms with van der Waals surface area (Å²) in [5, 5.41) is 0. The quantitative estimate of drug-likeness (QED) is 0.119. The molecule has 0 aliphatic heterocycles. The van der Waals surface area contributed by atoms with Gasteiger partial charge in [-0.05, 0) is 138 Å². The van der Waals surface area contributed by atoms with E-state index >= 15 is 0 Å². The van der Waals surface area contributed by atoms with E-state index in [0.717, 1.165) is 84.1 Å². The van der Waals surface area contributed by atoms with Crippen molar-refractivity contribution in [2.45, 2.75) is 121 Å². The minimum Gasteiger partial charge on any atom is -0.482 e. The second-order valence-corrected chi connectivity index (χ2v) is 18.3. The van der Waals surface area contributed by atoms with Gasteiger partial charge < -0.3 is 24.7 Å². The van der Waals surface area contributed by atoms with Crippen molar-refractivity contribution in [3.05, 3.63) is 113 Å². The summed E-state index contributed by atoms with van der Waals surface area (Å²) in [5.74, 6) is 0.565. The maximum absolute atomic E-state index is 13.3. The van der Waals surface area contributed by atoms with Crippen LogP contribution in [-0.2, 0) is 41.9 Å². The molecule has 306 valence electrons. The van der Waals surface area contributed by atoms with Crippen molar-refractivity contribution in [1.82, 2.24) is 4.72 Å². The zero-order chi connectivity index (χ0) is 41.2. The Kier molecular flexibility index (Phi) is 14.6. The molecule has 10 nitrogen and oxygen atoms in total. The highest BCUT2D eigenvalue weighted by molar-refractivity contribution is 7.89. The van der Waals surface area contributed by atoms with Gasteiger partial charge in [0, 0.05) is 12.1 Å². The molecular formula is C46H58N2O8S. The Morgan fingerprint density at radius 1 is 0.632 bits per heavy atom. The van der Waals surface area contributed by atoms with Gasteiger partial charge in [0.15, 0.2) is 13.2 Å². The first-order valence-electron chi connectivity index (χ1n) is 19.9. The lowest BCUT2D eigenvalue weighted by Crippen LogP contribution is -2.29. The van der Waals surface area contributed by atoms with Crippen LogP contribution in [0.25, 0.3) is 11.1 Å². The second kappa shape index (κ2) is 19.2. The molecule has 0 bridgehead atoms. The molecule has 57 heavy (non-hydrogen) atoms. The molecular weight excluding hydrogens is 741 g/mol. The van der Waals surface area contributed by atoms with Gasteiger partial charge in [-0.15, -0.1) is 0 Å². The third-order valence-electron chi connectivity index (χ3n) is 9.58. The number of carbonyl (C=O) groups excluding carboxylic acids is 2. The molecule has 0 spiro atoms. The Morgan fingerprint density at radius 3 is 1.67 bits per heavy atom. The van der Waals surface area contributed by atoms with Crippen molar-refractivity contribution >= 4 is 22.0 Å². The van der Waals surface area contributed by atoms with E-state index in [1.807, 2.05) is 114 Å². The summed E-state index contributed by atoms with van der Waals surface area (Å²) in [6.45, 7) is 10.7. The Labute approximate surface area is 338 Å². The SMILES string of the molecule is CC(C)(C)OC(=O)COc1cccc2c1CCCCC2N.CC(C)(C)OC(=O)COc1cccc2c1CCCCC2NS(=O)(=O)c1ccc(-c2ccccc2)cc1. The smallest absolute Gasteiger partial charge is 0.344 e. The fraction of sp³-hybridized carbons (Fsp3) is 0.435. The number of hydrogen-bond donors (Lipinski definition) is 2. The minimum absolute atomic E-state index is 0.0626. The number of nitrogens with two attached hydrogens (primary N) is 1. The molecule has 0 fully saturated rings. The third-order valence-corrected chi connectivity index (χ3v) is 11.1. The van der Waals surface area contributed by atoms with Gasteiger partial charge >= 0.3 is 11.9 Å². The van der Waals surface area contributed by atoms with E-state index < -0.39 is 27.2 Å². The second-order valence-electron chi connectivity index (χ2n) is 16.6. The van der Waals surface area contributed by atoms with Crippen LogP contribution in [0.3, 0.4) is 0 Å².